The molecule has 0 aliphatic rings. The van der Waals surface area contributed by atoms with Gasteiger partial charge in [-0.1, -0.05) is 60.0 Å². The molecule has 2 atom stereocenters. The molecule has 204 valence electrons. The zero-order valence-electron chi connectivity index (χ0n) is 21.1. The molecule has 0 aliphatic heterocycles. The van der Waals surface area contributed by atoms with Crippen LogP contribution in [-0.4, -0.2) is 35.9 Å². The van der Waals surface area contributed by atoms with Crippen LogP contribution in [0.3, 0.4) is 0 Å². The number of carbonyl (C=O) groups is 1. The second-order valence-electron chi connectivity index (χ2n) is 9.03. The monoisotopic (exact) mass is 560 g/mol. The van der Waals surface area contributed by atoms with Gasteiger partial charge in [-0.2, -0.15) is 0 Å². The number of hydrogen-bond acceptors (Lipinski definition) is 6. The van der Waals surface area contributed by atoms with Crippen LogP contribution in [0.4, 0.5) is 5.69 Å². The van der Waals surface area contributed by atoms with E-state index in [0.29, 0.717) is 60.5 Å². The van der Waals surface area contributed by atoms with Gasteiger partial charge in [0.05, 0.1) is 34.4 Å². The summed E-state index contributed by atoms with van der Waals surface area (Å²) in [6.07, 6.45) is 1.72. The van der Waals surface area contributed by atoms with E-state index in [2.05, 4.69) is 5.32 Å². The second kappa shape index (κ2) is 15.4. The molecule has 5 N–H and O–H groups in total. The molecule has 0 aromatic heterocycles. The first kappa shape index (κ1) is 29.6. The number of aliphatic carboxylic acids is 1. The van der Waals surface area contributed by atoms with Crippen LogP contribution in [0.1, 0.15) is 42.9 Å². The first-order chi connectivity index (χ1) is 18.3. The smallest absolute Gasteiger partial charge is 0.306 e. The van der Waals surface area contributed by atoms with E-state index in [4.69, 9.17) is 38.4 Å². The van der Waals surface area contributed by atoms with Crippen LogP contribution < -0.4 is 20.5 Å². The van der Waals surface area contributed by atoms with E-state index < -0.39 is 18.0 Å². The van der Waals surface area contributed by atoms with Crippen LogP contribution in [0.25, 0.3) is 0 Å². The SMILES string of the molecule is Nc1c(Cl)cc(C(O)CNCCCCC(CCOc2ccc(OCc3ccccc3)cc2)C(=O)O)cc1Cl. The molecule has 0 fully saturated rings. The highest BCUT2D eigenvalue weighted by atomic mass is 35.5. The number of carboxylic acids is 1. The largest absolute Gasteiger partial charge is 0.494 e. The lowest BCUT2D eigenvalue weighted by Crippen LogP contribution is -2.23. The van der Waals surface area contributed by atoms with Gasteiger partial charge in [0.25, 0.3) is 0 Å². The number of aliphatic hydroxyl groups is 1. The van der Waals surface area contributed by atoms with E-state index in [-0.39, 0.29) is 5.69 Å². The van der Waals surface area contributed by atoms with Crippen molar-refractivity contribution in [1.29, 1.82) is 0 Å². The molecular weight excluding hydrogens is 527 g/mol. The number of anilines is 1. The molecule has 2 unspecified atom stereocenters. The van der Waals surface area contributed by atoms with Gasteiger partial charge < -0.3 is 30.7 Å². The number of nitrogens with one attached hydrogen (secondary N) is 1. The maximum atomic E-state index is 11.7. The number of carboxylic acid groups (broad SMARTS) is 1. The molecule has 0 radical (unpaired) electrons. The number of halogens is 2. The number of rotatable bonds is 16. The Hall–Kier alpha value is -2.97. The van der Waals surface area contributed by atoms with Crippen molar-refractivity contribution in [1.82, 2.24) is 5.32 Å². The maximum Gasteiger partial charge on any atom is 0.306 e. The third-order valence-corrected chi connectivity index (χ3v) is 6.76. The predicted octanol–water partition coefficient (Wildman–Crippen LogP) is 6.12. The van der Waals surface area contributed by atoms with E-state index in [1.165, 1.54) is 0 Å². The Labute approximate surface area is 233 Å². The predicted molar refractivity (Wildman–Crippen MR) is 151 cm³/mol. The van der Waals surface area contributed by atoms with E-state index in [1.807, 2.05) is 54.6 Å². The number of nitrogen functional groups attached to an aromatic ring is 1. The van der Waals surface area contributed by atoms with Crippen molar-refractivity contribution < 1.29 is 24.5 Å². The molecule has 0 saturated heterocycles. The Kier molecular flexibility index (Phi) is 12.0. The lowest BCUT2D eigenvalue weighted by molar-refractivity contribution is -0.142. The van der Waals surface area contributed by atoms with Gasteiger partial charge in [-0.15, -0.1) is 0 Å². The van der Waals surface area contributed by atoms with Crippen molar-refractivity contribution in [2.75, 3.05) is 25.4 Å². The second-order valence-corrected chi connectivity index (χ2v) is 9.85. The minimum Gasteiger partial charge on any atom is -0.494 e. The molecule has 0 saturated carbocycles. The number of benzene rings is 3. The van der Waals surface area contributed by atoms with Crippen LogP contribution in [0.5, 0.6) is 11.5 Å². The molecule has 3 aromatic carbocycles. The summed E-state index contributed by atoms with van der Waals surface area (Å²) in [4.78, 5) is 11.7. The van der Waals surface area contributed by atoms with E-state index in [9.17, 15) is 15.0 Å². The maximum absolute atomic E-state index is 11.7. The van der Waals surface area contributed by atoms with Gasteiger partial charge in [0, 0.05) is 6.54 Å². The Balaban J connectivity index is 1.30. The molecule has 3 rings (SSSR count). The Morgan fingerprint density at radius 3 is 2.18 bits per heavy atom. The molecule has 0 heterocycles. The van der Waals surface area contributed by atoms with Crippen LogP contribution in [-0.2, 0) is 11.4 Å². The van der Waals surface area contributed by atoms with Gasteiger partial charge in [0.2, 0.25) is 0 Å². The molecule has 3 aromatic rings. The molecule has 0 bridgehead atoms. The Bertz CT molecular complexity index is 1120. The average Bonchev–Trinajstić information content (AvgIpc) is 2.92. The van der Waals surface area contributed by atoms with Gasteiger partial charge in [-0.25, -0.2) is 0 Å². The number of aliphatic hydroxyl groups excluding tert-OH is 1. The summed E-state index contributed by atoms with van der Waals surface area (Å²) >= 11 is 12.1. The van der Waals surface area contributed by atoms with Crippen molar-refractivity contribution in [3.8, 4) is 11.5 Å². The summed E-state index contributed by atoms with van der Waals surface area (Å²) in [7, 11) is 0. The quantitative estimate of drug-likeness (QED) is 0.123. The topological polar surface area (TPSA) is 114 Å². The summed E-state index contributed by atoms with van der Waals surface area (Å²) in [5.41, 5.74) is 7.70. The minimum absolute atomic E-state index is 0.290. The van der Waals surface area contributed by atoms with Crippen LogP contribution >= 0.6 is 23.2 Å². The fourth-order valence-corrected chi connectivity index (χ4v) is 4.38. The average molecular weight is 562 g/mol. The molecule has 0 aliphatic carbocycles. The van der Waals surface area contributed by atoms with E-state index in [1.54, 1.807) is 12.1 Å². The van der Waals surface area contributed by atoms with Crippen molar-refractivity contribution in [3.05, 3.63) is 87.9 Å². The summed E-state index contributed by atoms with van der Waals surface area (Å²) in [5.74, 6) is 0.117. The summed E-state index contributed by atoms with van der Waals surface area (Å²) in [6, 6.07) is 20.5. The Morgan fingerprint density at radius 1 is 0.921 bits per heavy atom. The highest BCUT2D eigenvalue weighted by molar-refractivity contribution is 6.38. The van der Waals surface area contributed by atoms with Gasteiger partial charge in [0.15, 0.2) is 0 Å². The van der Waals surface area contributed by atoms with Crippen LogP contribution in [0.2, 0.25) is 10.0 Å². The standard InChI is InChI=1S/C29H34Cl2N2O5/c30-25-16-22(17-26(31)28(25)32)27(34)18-33-14-5-4-8-21(29(35)36)13-15-37-23-9-11-24(12-10-23)38-19-20-6-2-1-3-7-20/h1-3,6-7,9-12,16-17,21,27,33-34H,4-5,8,13-15,18-19,32H2,(H,35,36). The summed E-state index contributed by atoms with van der Waals surface area (Å²) in [5, 5.41) is 23.7. The third kappa shape index (κ3) is 9.72. The molecule has 0 amide bonds. The van der Waals surface area contributed by atoms with Crippen molar-refractivity contribution in [3.63, 3.8) is 0 Å². The number of hydrogen-bond donors (Lipinski definition) is 4. The molecule has 38 heavy (non-hydrogen) atoms. The van der Waals surface area contributed by atoms with Gasteiger partial charge in [0.1, 0.15) is 18.1 Å². The highest BCUT2D eigenvalue weighted by Gasteiger charge is 2.17. The Morgan fingerprint density at radius 2 is 1.55 bits per heavy atom. The fourth-order valence-electron chi connectivity index (χ4n) is 3.88. The highest BCUT2D eigenvalue weighted by Crippen LogP contribution is 2.31. The third-order valence-electron chi connectivity index (χ3n) is 6.14. The summed E-state index contributed by atoms with van der Waals surface area (Å²) in [6.45, 7) is 1.78. The molecule has 0 spiro atoms. The lowest BCUT2D eigenvalue weighted by atomic mass is 9.99. The number of ether oxygens (including phenoxy) is 2. The summed E-state index contributed by atoms with van der Waals surface area (Å²) < 4.78 is 11.5. The van der Waals surface area contributed by atoms with Crippen molar-refractivity contribution in [2.45, 2.75) is 38.4 Å². The minimum atomic E-state index is -0.821. The van der Waals surface area contributed by atoms with Gasteiger partial charge in [-0.05, 0) is 73.3 Å². The lowest BCUT2D eigenvalue weighted by Gasteiger charge is -2.15. The van der Waals surface area contributed by atoms with Gasteiger partial charge >= 0.3 is 5.97 Å². The van der Waals surface area contributed by atoms with Crippen LogP contribution in [0.15, 0.2) is 66.7 Å². The number of unbranched alkanes of at least 4 members (excludes halogenated alkanes) is 1. The van der Waals surface area contributed by atoms with Crippen molar-refractivity contribution >= 4 is 34.9 Å². The number of nitrogens with two attached hydrogens (primary N) is 1. The molecule has 7 nitrogen and oxygen atoms in total. The zero-order valence-corrected chi connectivity index (χ0v) is 22.6. The molecular formula is C29H34Cl2N2O5. The first-order valence-electron chi connectivity index (χ1n) is 12.6. The van der Waals surface area contributed by atoms with E-state index >= 15 is 0 Å². The van der Waals surface area contributed by atoms with Gasteiger partial charge in [-0.3, -0.25) is 4.79 Å². The van der Waals surface area contributed by atoms with E-state index in [0.717, 1.165) is 24.2 Å². The fraction of sp³-hybridized carbons (Fsp3) is 0.345. The van der Waals surface area contributed by atoms with Crippen LogP contribution in [0, 0.1) is 5.92 Å². The molecule has 9 heteroatoms. The zero-order chi connectivity index (χ0) is 27.3. The normalized spacial score (nSPS) is 12.6. The first-order valence-corrected chi connectivity index (χ1v) is 13.3. The van der Waals surface area contributed by atoms with Crippen molar-refractivity contribution in [2.24, 2.45) is 5.92 Å².